The molecule has 1 amide bonds. The van der Waals surface area contributed by atoms with Gasteiger partial charge in [-0.15, -0.1) is 0 Å². The maximum atomic E-state index is 12.8. The molecule has 2 aliphatic rings. The summed E-state index contributed by atoms with van der Waals surface area (Å²) in [6.45, 7) is 0. The minimum absolute atomic E-state index is 0.121. The van der Waals surface area contributed by atoms with Gasteiger partial charge in [-0.1, -0.05) is 30.3 Å². The largest absolute Gasteiger partial charge is 0.326 e. The summed E-state index contributed by atoms with van der Waals surface area (Å²) in [5.41, 5.74) is 6.56. The first-order chi connectivity index (χ1) is 13.0. The molecule has 0 atom stereocenters. The zero-order valence-corrected chi connectivity index (χ0v) is 15.1. The van der Waals surface area contributed by atoms with E-state index in [0.717, 1.165) is 17.5 Å². The number of sulfonamides is 1. The number of benzene rings is 3. The third kappa shape index (κ3) is 2.69. The van der Waals surface area contributed by atoms with Crippen LogP contribution in [0.15, 0.2) is 65.6 Å². The third-order valence-corrected chi connectivity index (χ3v) is 6.44. The number of fused-ring (bicyclic) bond motifs is 4. The van der Waals surface area contributed by atoms with Crippen molar-refractivity contribution in [2.24, 2.45) is 0 Å². The molecule has 6 heteroatoms. The standard InChI is InChI=1S/C21H16N2O3S/c24-21-11-15-10-17(7-8-20(15)22-21)27(25,26)23-16-6-5-14-9-13-3-1-2-4-18(13)19(14)12-16/h1-8,10,12,23H,9,11H2,(H,22,24). The second-order valence-corrected chi connectivity index (χ2v) is 8.54. The van der Waals surface area contributed by atoms with Crippen molar-refractivity contribution in [2.45, 2.75) is 17.7 Å². The van der Waals surface area contributed by atoms with Gasteiger partial charge in [0.15, 0.2) is 0 Å². The van der Waals surface area contributed by atoms with Crippen molar-refractivity contribution in [2.75, 3.05) is 10.0 Å². The lowest BCUT2D eigenvalue weighted by atomic mass is 10.1. The van der Waals surface area contributed by atoms with E-state index in [-0.39, 0.29) is 17.2 Å². The van der Waals surface area contributed by atoms with Crippen LogP contribution in [0.3, 0.4) is 0 Å². The van der Waals surface area contributed by atoms with Gasteiger partial charge in [0.25, 0.3) is 10.0 Å². The van der Waals surface area contributed by atoms with E-state index < -0.39 is 10.0 Å². The normalized spacial score (nSPS) is 14.3. The Morgan fingerprint density at radius 2 is 1.63 bits per heavy atom. The van der Waals surface area contributed by atoms with Crippen molar-refractivity contribution in [3.05, 3.63) is 77.4 Å². The van der Waals surface area contributed by atoms with Crippen LogP contribution in [0, 0.1) is 0 Å². The quantitative estimate of drug-likeness (QED) is 0.574. The molecule has 5 rings (SSSR count). The zero-order chi connectivity index (χ0) is 18.6. The lowest BCUT2D eigenvalue weighted by Crippen LogP contribution is -2.13. The second kappa shape index (κ2) is 5.69. The molecular weight excluding hydrogens is 360 g/mol. The summed E-state index contributed by atoms with van der Waals surface area (Å²) >= 11 is 0. The molecular formula is C21H16N2O3S. The number of anilines is 2. The fourth-order valence-corrected chi connectivity index (χ4v) is 4.87. The van der Waals surface area contributed by atoms with E-state index in [2.05, 4.69) is 22.2 Å². The van der Waals surface area contributed by atoms with Crippen LogP contribution in [0.1, 0.15) is 16.7 Å². The molecule has 0 bridgehead atoms. The number of hydrogen-bond acceptors (Lipinski definition) is 3. The molecule has 0 saturated heterocycles. The molecule has 1 heterocycles. The number of carbonyl (C=O) groups excluding carboxylic acids is 1. The minimum Gasteiger partial charge on any atom is -0.326 e. The van der Waals surface area contributed by atoms with Crippen LogP contribution in [-0.4, -0.2) is 14.3 Å². The average molecular weight is 376 g/mol. The number of nitrogens with one attached hydrogen (secondary N) is 2. The molecule has 134 valence electrons. The predicted octanol–water partition coefficient (Wildman–Crippen LogP) is 3.55. The van der Waals surface area contributed by atoms with E-state index in [9.17, 15) is 13.2 Å². The van der Waals surface area contributed by atoms with Crippen molar-refractivity contribution in [3.8, 4) is 11.1 Å². The molecule has 1 aliphatic carbocycles. The monoisotopic (exact) mass is 376 g/mol. The Hall–Kier alpha value is -3.12. The van der Waals surface area contributed by atoms with Gasteiger partial charge in [-0.2, -0.15) is 0 Å². The average Bonchev–Trinajstić information content (AvgIpc) is 3.19. The SMILES string of the molecule is O=C1Cc2cc(S(=O)(=O)Nc3ccc4c(c3)-c3ccccc3C4)ccc2N1. The molecule has 27 heavy (non-hydrogen) atoms. The summed E-state index contributed by atoms with van der Waals surface area (Å²) in [6, 6.07) is 18.5. The van der Waals surface area contributed by atoms with E-state index in [1.54, 1.807) is 18.2 Å². The van der Waals surface area contributed by atoms with Crippen molar-refractivity contribution >= 4 is 27.3 Å². The van der Waals surface area contributed by atoms with Crippen molar-refractivity contribution in [1.82, 2.24) is 0 Å². The molecule has 1 aliphatic heterocycles. The molecule has 0 saturated carbocycles. The molecule has 2 N–H and O–H groups in total. The summed E-state index contributed by atoms with van der Waals surface area (Å²) in [6.07, 6.45) is 1.07. The molecule has 0 spiro atoms. The number of hydrogen-bond donors (Lipinski definition) is 2. The van der Waals surface area contributed by atoms with Crippen LogP contribution in [0.2, 0.25) is 0 Å². The van der Waals surface area contributed by atoms with Crippen LogP contribution < -0.4 is 10.0 Å². The van der Waals surface area contributed by atoms with Gasteiger partial charge < -0.3 is 5.32 Å². The summed E-state index contributed by atoms with van der Waals surface area (Å²) in [5, 5.41) is 2.71. The van der Waals surface area contributed by atoms with Gasteiger partial charge in [-0.25, -0.2) is 8.42 Å². The second-order valence-electron chi connectivity index (χ2n) is 6.86. The zero-order valence-electron chi connectivity index (χ0n) is 14.3. The molecule has 3 aromatic carbocycles. The fourth-order valence-electron chi connectivity index (χ4n) is 3.77. The van der Waals surface area contributed by atoms with Crippen molar-refractivity contribution < 1.29 is 13.2 Å². The summed E-state index contributed by atoms with van der Waals surface area (Å²) < 4.78 is 28.3. The first-order valence-electron chi connectivity index (χ1n) is 8.66. The Balaban J connectivity index is 1.48. The van der Waals surface area contributed by atoms with E-state index in [1.807, 2.05) is 24.3 Å². The lowest BCUT2D eigenvalue weighted by molar-refractivity contribution is -0.115. The highest BCUT2D eigenvalue weighted by Gasteiger charge is 2.23. The van der Waals surface area contributed by atoms with Gasteiger partial charge >= 0.3 is 0 Å². The molecule has 3 aromatic rings. The van der Waals surface area contributed by atoms with E-state index >= 15 is 0 Å². The predicted molar refractivity (Wildman–Crippen MR) is 104 cm³/mol. The van der Waals surface area contributed by atoms with E-state index in [0.29, 0.717) is 16.9 Å². The molecule has 0 fully saturated rings. The van der Waals surface area contributed by atoms with Gasteiger partial charge in [-0.05, 0) is 64.6 Å². The number of rotatable bonds is 3. The Morgan fingerprint density at radius 3 is 2.52 bits per heavy atom. The van der Waals surface area contributed by atoms with Gasteiger partial charge in [0.05, 0.1) is 11.3 Å². The third-order valence-electron chi connectivity index (χ3n) is 5.06. The molecule has 0 aromatic heterocycles. The Kier molecular flexibility index (Phi) is 3.39. The summed E-state index contributed by atoms with van der Waals surface area (Å²) in [5.74, 6) is -0.121. The van der Waals surface area contributed by atoms with Gasteiger partial charge in [-0.3, -0.25) is 9.52 Å². The maximum Gasteiger partial charge on any atom is 0.261 e. The molecule has 0 unspecified atom stereocenters. The van der Waals surface area contributed by atoms with Crippen LogP contribution in [0.4, 0.5) is 11.4 Å². The fraction of sp³-hybridized carbons (Fsp3) is 0.0952. The highest BCUT2D eigenvalue weighted by molar-refractivity contribution is 7.92. The Bertz CT molecular complexity index is 1220. The van der Waals surface area contributed by atoms with Crippen LogP contribution >= 0.6 is 0 Å². The minimum atomic E-state index is -3.74. The first-order valence-corrected chi connectivity index (χ1v) is 10.1. The molecule has 5 nitrogen and oxygen atoms in total. The van der Waals surface area contributed by atoms with E-state index in [1.165, 1.54) is 17.2 Å². The van der Waals surface area contributed by atoms with E-state index in [4.69, 9.17) is 0 Å². The first kappa shape index (κ1) is 16.1. The highest BCUT2D eigenvalue weighted by Crippen LogP contribution is 2.38. The number of amides is 1. The maximum absolute atomic E-state index is 12.8. The van der Waals surface area contributed by atoms with Crippen LogP contribution in [-0.2, 0) is 27.7 Å². The molecule has 0 radical (unpaired) electrons. The van der Waals surface area contributed by atoms with Crippen molar-refractivity contribution in [1.29, 1.82) is 0 Å². The van der Waals surface area contributed by atoms with Gasteiger partial charge in [0, 0.05) is 11.4 Å². The lowest BCUT2D eigenvalue weighted by Gasteiger charge is -2.11. The highest BCUT2D eigenvalue weighted by atomic mass is 32.2. The smallest absolute Gasteiger partial charge is 0.261 e. The van der Waals surface area contributed by atoms with Gasteiger partial charge in [0.2, 0.25) is 5.91 Å². The van der Waals surface area contributed by atoms with Crippen LogP contribution in [0.5, 0.6) is 0 Å². The van der Waals surface area contributed by atoms with Crippen LogP contribution in [0.25, 0.3) is 11.1 Å². The Labute approximate surface area is 157 Å². The topological polar surface area (TPSA) is 75.3 Å². The Morgan fingerprint density at radius 1 is 0.815 bits per heavy atom. The summed E-state index contributed by atoms with van der Waals surface area (Å²) in [4.78, 5) is 11.6. The summed E-state index contributed by atoms with van der Waals surface area (Å²) in [7, 11) is -3.74. The number of carbonyl (C=O) groups is 1. The van der Waals surface area contributed by atoms with Gasteiger partial charge in [0.1, 0.15) is 0 Å². The van der Waals surface area contributed by atoms with Crippen molar-refractivity contribution in [3.63, 3.8) is 0 Å².